The van der Waals surface area contributed by atoms with Crippen LogP contribution in [0.2, 0.25) is 0 Å². The van der Waals surface area contributed by atoms with Gasteiger partial charge in [-0.15, -0.1) is 0 Å². The van der Waals surface area contributed by atoms with Gasteiger partial charge in [0.15, 0.2) is 0 Å². The van der Waals surface area contributed by atoms with Gasteiger partial charge in [-0.2, -0.15) is 0 Å². The Labute approximate surface area is 123 Å². The number of nitrogens with one attached hydrogen (secondary N) is 1. The molecule has 2 aliphatic heterocycles. The number of carbonyl (C=O) groups excluding carboxylic acids is 2. The van der Waals surface area contributed by atoms with Crippen molar-refractivity contribution in [1.29, 1.82) is 0 Å². The average Bonchev–Trinajstić information content (AvgIpc) is 2.82. The highest BCUT2D eigenvalue weighted by Gasteiger charge is 2.35. The van der Waals surface area contributed by atoms with Crippen molar-refractivity contribution in [3.63, 3.8) is 0 Å². The second-order valence-electron chi connectivity index (χ2n) is 5.68. The van der Waals surface area contributed by atoms with E-state index in [0.29, 0.717) is 18.7 Å². The first-order valence-corrected chi connectivity index (χ1v) is 7.29. The van der Waals surface area contributed by atoms with Crippen LogP contribution in [-0.4, -0.2) is 53.8 Å². The number of benzene rings is 1. The van der Waals surface area contributed by atoms with E-state index in [1.165, 1.54) is 0 Å². The van der Waals surface area contributed by atoms with E-state index in [1.54, 1.807) is 24.3 Å². The normalized spacial score (nSPS) is 22.2. The van der Waals surface area contributed by atoms with E-state index in [2.05, 4.69) is 10.2 Å². The maximum atomic E-state index is 12.1. The lowest BCUT2D eigenvalue weighted by Crippen LogP contribution is -2.52. The lowest BCUT2D eigenvalue weighted by molar-refractivity contribution is -0.130. The molecule has 21 heavy (non-hydrogen) atoms. The minimum absolute atomic E-state index is 0.0301. The molecule has 0 radical (unpaired) electrons. The van der Waals surface area contributed by atoms with Crippen LogP contribution in [0.25, 0.3) is 0 Å². The van der Waals surface area contributed by atoms with Crippen LogP contribution in [0.15, 0.2) is 24.3 Å². The lowest BCUT2D eigenvalue weighted by Gasteiger charge is -2.37. The minimum Gasteiger partial charge on any atom is -0.399 e. The molecule has 1 aromatic rings. The van der Waals surface area contributed by atoms with E-state index >= 15 is 0 Å². The molecule has 3 N–H and O–H groups in total. The topological polar surface area (TPSA) is 78.7 Å². The van der Waals surface area contributed by atoms with E-state index in [0.717, 1.165) is 31.7 Å². The third-order valence-corrected chi connectivity index (χ3v) is 4.14. The van der Waals surface area contributed by atoms with Gasteiger partial charge in [-0.1, -0.05) is 0 Å². The molecule has 2 fully saturated rings. The lowest BCUT2D eigenvalue weighted by atomic mass is 10.1. The SMILES string of the molecule is Nc1ccc(NC(=O)CN2CCN3C(=O)CCC3C2)cc1. The van der Waals surface area contributed by atoms with Gasteiger partial charge in [0.25, 0.3) is 0 Å². The van der Waals surface area contributed by atoms with Crippen LogP contribution < -0.4 is 11.1 Å². The molecule has 0 aromatic heterocycles. The summed E-state index contributed by atoms with van der Waals surface area (Å²) in [6, 6.07) is 7.40. The fourth-order valence-electron chi connectivity index (χ4n) is 3.04. The Kier molecular flexibility index (Phi) is 3.79. The van der Waals surface area contributed by atoms with Crippen LogP contribution in [0.5, 0.6) is 0 Å². The maximum Gasteiger partial charge on any atom is 0.238 e. The molecule has 0 saturated carbocycles. The Balaban J connectivity index is 1.51. The zero-order chi connectivity index (χ0) is 14.8. The number of amides is 2. The predicted octanol–water partition coefficient (Wildman–Crippen LogP) is 0.514. The first-order valence-electron chi connectivity index (χ1n) is 7.29. The number of hydrogen-bond acceptors (Lipinski definition) is 4. The van der Waals surface area contributed by atoms with Gasteiger partial charge in [0.05, 0.1) is 6.54 Å². The summed E-state index contributed by atoms with van der Waals surface area (Å²) in [6.07, 6.45) is 1.56. The van der Waals surface area contributed by atoms with Gasteiger partial charge >= 0.3 is 0 Å². The summed E-state index contributed by atoms with van der Waals surface area (Å²) >= 11 is 0. The van der Waals surface area contributed by atoms with Crippen LogP contribution in [0.1, 0.15) is 12.8 Å². The van der Waals surface area contributed by atoms with Crippen molar-refractivity contribution in [3.05, 3.63) is 24.3 Å². The van der Waals surface area contributed by atoms with Crippen LogP contribution in [0.3, 0.4) is 0 Å². The number of nitrogens with two attached hydrogens (primary N) is 1. The van der Waals surface area contributed by atoms with Crippen molar-refractivity contribution in [2.75, 3.05) is 37.2 Å². The smallest absolute Gasteiger partial charge is 0.238 e. The highest BCUT2D eigenvalue weighted by atomic mass is 16.2. The largest absolute Gasteiger partial charge is 0.399 e. The van der Waals surface area contributed by atoms with E-state index in [4.69, 9.17) is 5.73 Å². The number of anilines is 2. The molecule has 1 aromatic carbocycles. The molecule has 6 heteroatoms. The predicted molar refractivity (Wildman–Crippen MR) is 80.7 cm³/mol. The molecule has 0 aliphatic carbocycles. The van der Waals surface area contributed by atoms with Crippen molar-refractivity contribution < 1.29 is 9.59 Å². The molecule has 0 spiro atoms. The second-order valence-corrected chi connectivity index (χ2v) is 5.68. The zero-order valence-corrected chi connectivity index (χ0v) is 11.9. The van der Waals surface area contributed by atoms with Gasteiger partial charge in [0.2, 0.25) is 11.8 Å². The van der Waals surface area contributed by atoms with Crippen molar-refractivity contribution in [1.82, 2.24) is 9.80 Å². The molecule has 6 nitrogen and oxygen atoms in total. The van der Waals surface area contributed by atoms with Crippen molar-refractivity contribution in [2.45, 2.75) is 18.9 Å². The van der Waals surface area contributed by atoms with Gasteiger partial charge < -0.3 is 16.0 Å². The number of piperazine rings is 1. The second kappa shape index (κ2) is 5.73. The molecule has 0 bridgehead atoms. The molecule has 2 aliphatic rings. The summed E-state index contributed by atoms with van der Waals surface area (Å²) in [5, 5.41) is 2.87. The highest BCUT2D eigenvalue weighted by molar-refractivity contribution is 5.92. The molecule has 1 atom stereocenters. The number of nitrogens with zero attached hydrogens (tertiary/aromatic N) is 2. The fourth-order valence-corrected chi connectivity index (χ4v) is 3.04. The number of nitrogen functional groups attached to an aromatic ring is 1. The molecule has 2 saturated heterocycles. The summed E-state index contributed by atoms with van der Waals surface area (Å²) < 4.78 is 0. The van der Waals surface area contributed by atoms with Crippen molar-refractivity contribution in [2.24, 2.45) is 0 Å². The number of rotatable bonds is 3. The monoisotopic (exact) mass is 288 g/mol. The van der Waals surface area contributed by atoms with Crippen LogP contribution in [0.4, 0.5) is 11.4 Å². The van der Waals surface area contributed by atoms with Gasteiger partial charge in [-0.05, 0) is 30.7 Å². The molecule has 1 unspecified atom stereocenters. The Hall–Kier alpha value is -2.08. The van der Waals surface area contributed by atoms with Crippen LogP contribution in [0, 0.1) is 0 Å². The molecular weight excluding hydrogens is 268 g/mol. The van der Waals surface area contributed by atoms with E-state index in [1.807, 2.05) is 4.90 Å². The molecule has 112 valence electrons. The Bertz CT molecular complexity index is 543. The van der Waals surface area contributed by atoms with Gasteiger partial charge in [-0.25, -0.2) is 0 Å². The molecule has 3 rings (SSSR count). The van der Waals surface area contributed by atoms with Gasteiger partial charge in [-0.3, -0.25) is 14.5 Å². The first-order chi connectivity index (χ1) is 10.1. The summed E-state index contributed by atoms with van der Waals surface area (Å²) in [5.74, 6) is 0.225. The quantitative estimate of drug-likeness (QED) is 0.795. The van der Waals surface area contributed by atoms with Crippen LogP contribution >= 0.6 is 0 Å². The fraction of sp³-hybridized carbons (Fsp3) is 0.467. The van der Waals surface area contributed by atoms with Crippen molar-refractivity contribution in [3.8, 4) is 0 Å². The van der Waals surface area contributed by atoms with E-state index in [9.17, 15) is 9.59 Å². The number of fused-ring (bicyclic) bond motifs is 1. The number of carbonyl (C=O) groups is 2. The third kappa shape index (κ3) is 3.16. The minimum atomic E-state index is -0.0301. The van der Waals surface area contributed by atoms with Gasteiger partial charge in [0, 0.05) is 43.5 Å². The highest BCUT2D eigenvalue weighted by Crippen LogP contribution is 2.22. The van der Waals surface area contributed by atoms with Crippen molar-refractivity contribution >= 4 is 23.2 Å². The molecule has 2 amide bonds. The van der Waals surface area contributed by atoms with Crippen LogP contribution in [-0.2, 0) is 9.59 Å². The zero-order valence-electron chi connectivity index (χ0n) is 11.9. The first kappa shape index (κ1) is 13.9. The summed E-state index contributed by atoms with van der Waals surface area (Å²) in [7, 11) is 0. The number of hydrogen-bond donors (Lipinski definition) is 2. The Morgan fingerprint density at radius 1 is 1.29 bits per heavy atom. The third-order valence-electron chi connectivity index (χ3n) is 4.14. The summed E-state index contributed by atoms with van der Waals surface area (Å²) in [4.78, 5) is 27.8. The molecular formula is C15H20N4O2. The summed E-state index contributed by atoms with van der Waals surface area (Å²) in [6.45, 7) is 2.65. The maximum absolute atomic E-state index is 12.1. The summed E-state index contributed by atoms with van der Waals surface area (Å²) in [5.41, 5.74) is 7.04. The molecule has 2 heterocycles. The van der Waals surface area contributed by atoms with E-state index < -0.39 is 0 Å². The van der Waals surface area contributed by atoms with Gasteiger partial charge in [0.1, 0.15) is 0 Å². The van der Waals surface area contributed by atoms with E-state index in [-0.39, 0.29) is 17.9 Å². The Morgan fingerprint density at radius 2 is 2.05 bits per heavy atom. The standard InChI is InChI=1S/C15H20N4O2/c16-11-1-3-12(4-2-11)17-14(20)10-18-7-8-19-13(9-18)5-6-15(19)21/h1-4,13H,5-10,16H2,(H,17,20). The average molecular weight is 288 g/mol. The Morgan fingerprint density at radius 3 is 2.81 bits per heavy atom.